The lowest BCUT2D eigenvalue weighted by Gasteiger charge is -2.17. The van der Waals surface area contributed by atoms with E-state index in [4.69, 9.17) is 16.3 Å². The van der Waals surface area contributed by atoms with Gasteiger partial charge in [-0.15, -0.1) is 0 Å². The summed E-state index contributed by atoms with van der Waals surface area (Å²) >= 11 is 5.60. The number of carbonyl (C=O) groups excluding carboxylic acids is 1. The van der Waals surface area contributed by atoms with Gasteiger partial charge in [0.2, 0.25) is 0 Å². The van der Waals surface area contributed by atoms with E-state index in [1.807, 2.05) is 7.05 Å². The SMILES string of the molecule is CNCCN(C)C(=O)COc1ccc(F)c(Cl)c1. The Morgan fingerprint density at radius 2 is 2.28 bits per heavy atom. The van der Waals surface area contributed by atoms with Gasteiger partial charge >= 0.3 is 0 Å². The van der Waals surface area contributed by atoms with Crippen molar-refractivity contribution in [1.29, 1.82) is 0 Å². The number of nitrogens with one attached hydrogen (secondary N) is 1. The molecule has 0 radical (unpaired) electrons. The number of hydrogen-bond donors (Lipinski definition) is 1. The Balaban J connectivity index is 2.44. The van der Waals surface area contributed by atoms with Crippen molar-refractivity contribution in [1.82, 2.24) is 10.2 Å². The van der Waals surface area contributed by atoms with Gasteiger partial charge in [-0.25, -0.2) is 4.39 Å². The van der Waals surface area contributed by atoms with Gasteiger partial charge in [0.1, 0.15) is 11.6 Å². The largest absolute Gasteiger partial charge is 0.484 e. The highest BCUT2D eigenvalue weighted by Gasteiger charge is 2.09. The maximum absolute atomic E-state index is 12.9. The van der Waals surface area contributed by atoms with E-state index in [2.05, 4.69) is 5.32 Å². The standard InChI is InChI=1S/C12H16ClFN2O2/c1-15-5-6-16(2)12(17)8-18-9-3-4-11(14)10(13)7-9/h3-4,7,15H,5-6,8H2,1-2H3. The van der Waals surface area contributed by atoms with Crippen molar-refractivity contribution in [3.63, 3.8) is 0 Å². The Labute approximate surface area is 111 Å². The first-order chi connectivity index (χ1) is 8.54. The van der Waals surface area contributed by atoms with Crippen molar-refractivity contribution in [2.45, 2.75) is 0 Å². The van der Waals surface area contributed by atoms with Gasteiger partial charge in [0, 0.05) is 26.2 Å². The van der Waals surface area contributed by atoms with Crippen LogP contribution in [0.5, 0.6) is 5.75 Å². The van der Waals surface area contributed by atoms with Gasteiger partial charge < -0.3 is 15.0 Å². The molecule has 1 N–H and O–H groups in total. The van der Waals surface area contributed by atoms with Gasteiger partial charge in [-0.3, -0.25) is 4.79 Å². The fourth-order valence-electron chi connectivity index (χ4n) is 1.23. The molecule has 100 valence electrons. The number of carbonyl (C=O) groups is 1. The number of likely N-dealkylation sites (N-methyl/N-ethyl adjacent to an activating group) is 2. The predicted octanol–water partition coefficient (Wildman–Crippen LogP) is 1.54. The average molecular weight is 275 g/mol. The predicted molar refractivity (Wildman–Crippen MR) is 68.5 cm³/mol. The number of amides is 1. The lowest BCUT2D eigenvalue weighted by atomic mass is 10.3. The van der Waals surface area contributed by atoms with Crippen molar-refractivity contribution >= 4 is 17.5 Å². The summed E-state index contributed by atoms with van der Waals surface area (Å²) in [5, 5.41) is 2.92. The topological polar surface area (TPSA) is 41.6 Å². The molecule has 1 aromatic carbocycles. The minimum absolute atomic E-state index is 0.0245. The molecule has 0 unspecified atom stereocenters. The molecule has 0 heterocycles. The second-order valence-electron chi connectivity index (χ2n) is 3.78. The molecule has 1 rings (SSSR count). The first-order valence-electron chi connectivity index (χ1n) is 5.51. The fourth-order valence-corrected chi connectivity index (χ4v) is 1.40. The van der Waals surface area contributed by atoms with Gasteiger partial charge in [0.25, 0.3) is 5.91 Å². The molecule has 1 amide bonds. The molecule has 0 spiro atoms. The molecule has 6 heteroatoms. The average Bonchev–Trinajstić information content (AvgIpc) is 2.36. The van der Waals surface area contributed by atoms with E-state index in [1.165, 1.54) is 18.2 Å². The molecule has 18 heavy (non-hydrogen) atoms. The molecule has 1 aromatic rings. The van der Waals surface area contributed by atoms with E-state index in [1.54, 1.807) is 11.9 Å². The number of hydrogen-bond acceptors (Lipinski definition) is 3. The molecule has 0 fully saturated rings. The van der Waals surface area contributed by atoms with Crippen molar-refractivity contribution in [2.75, 3.05) is 33.8 Å². The van der Waals surface area contributed by atoms with E-state index in [-0.39, 0.29) is 17.5 Å². The minimum Gasteiger partial charge on any atom is -0.484 e. The highest BCUT2D eigenvalue weighted by Crippen LogP contribution is 2.20. The van der Waals surface area contributed by atoms with Crippen LogP contribution in [-0.4, -0.2) is 44.6 Å². The summed E-state index contributed by atoms with van der Waals surface area (Å²) in [7, 11) is 3.51. The summed E-state index contributed by atoms with van der Waals surface area (Å²) < 4.78 is 18.1. The zero-order chi connectivity index (χ0) is 13.5. The molecule has 0 saturated heterocycles. The number of rotatable bonds is 6. The molecule has 0 atom stereocenters. The zero-order valence-electron chi connectivity index (χ0n) is 10.4. The van der Waals surface area contributed by atoms with E-state index >= 15 is 0 Å². The van der Waals surface area contributed by atoms with Crippen LogP contribution in [0.2, 0.25) is 5.02 Å². The van der Waals surface area contributed by atoms with E-state index < -0.39 is 5.82 Å². The fraction of sp³-hybridized carbons (Fsp3) is 0.417. The molecule has 0 saturated carbocycles. The van der Waals surface area contributed by atoms with Crippen molar-refractivity contribution in [2.24, 2.45) is 0 Å². The summed E-state index contributed by atoms with van der Waals surface area (Å²) in [5.41, 5.74) is 0. The van der Waals surface area contributed by atoms with Gasteiger partial charge in [-0.05, 0) is 19.2 Å². The summed E-state index contributed by atoms with van der Waals surface area (Å²) in [4.78, 5) is 13.2. The van der Waals surface area contributed by atoms with Gasteiger partial charge in [-0.2, -0.15) is 0 Å². The van der Waals surface area contributed by atoms with Crippen LogP contribution in [0.15, 0.2) is 18.2 Å². The number of nitrogens with zero attached hydrogens (tertiary/aromatic N) is 1. The third-order valence-corrected chi connectivity index (χ3v) is 2.67. The Kier molecular flexibility index (Phi) is 5.88. The third-order valence-electron chi connectivity index (χ3n) is 2.38. The highest BCUT2D eigenvalue weighted by atomic mass is 35.5. The number of benzene rings is 1. The smallest absolute Gasteiger partial charge is 0.260 e. The van der Waals surface area contributed by atoms with Gasteiger partial charge in [0.15, 0.2) is 6.61 Å². The summed E-state index contributed by atoms with van der Waals surface area (Å²) in [6.07, 6.45) is 0. The summed E-state index contributed by atoms with van der Waals surface area (Å²) in [6.45, 7) is 1.22. The van der Waals surface area contributed by atoms with Crippen LogP contribution in [0.3, 0.4) is 0 Å². The van der Waals surface area contributed by atoms with Crippen LogP contribution >= 0.6 is 11.6 Å². The quantitative estimate of drug-likeness (QED) is 0.855. The maximum Gasteiger partial charge on any atom is 0.260 e. The molecule has 0 aromatic heterocycles. The molecular weight excluding hydrogens is 259 g/mol. The first kappa shape index (κ1) is 14.7. The number of halogens is 2. The van der Waals surface area contributed by atoms with Crippen molar-refractivity contribution in [3.05, 3.63) is 29.0 Å². The third kappa shape index (κ3) is 4.50. The molecule has 4 nitrogen and oxygen atoms in total. The Morgan fingerprint density at radius 3 is 2.89 bits per heavy atom. The van der Waals surface area contributed by atoms with E-state index in [0.717, 1.165) is 0 Å². The normalized spacial score (nSPS) is 10.2. The van der Waals surface area contributed by atoms with Gasteiger partial charge in [-0.1, -0.05) is 11.6 Å². The molecule has 0 aliphatic rings. The molecular formula is C12H16ClFN2O2. The highest BCUT2D eigenvalue weighted by molar-refractivity contribution is 6.30. The van der Waals surface area contributed by atoms with Crippen LogP contribution in [0.1, 0.15) is 0 Å². The van der Waals surface area contributed by atoms with Crippen molar-refractivity contribution in [3.8, 4) is 5.75 Å². The van der Waals surface area contributed by atoms with E-state index in [0.29, 0.717) is 18.8 Å². The molecule has 0 bridgehead atoms. The zero-order valence-corrected chi connectivity index (χ0v) is 11.1. The number of ether oxygens (including phenoxy) is 1. The summed E-state index contributed by atoms with van der Waals surface area (Å²) in [6, 6.07) is 3.98. The lowest BCUT2D eigenvalue weighted by Crippen LogP contribution is -2.35. The Morgan fingerprint density at radius 1 is 1.56 bits per heavy atom. The van der Waals surface area contributed by atoms with Crippen molar-refractivity contribution < 1.29 is 13.9 Å². The van der Waals surface area contributed by atoms with Crippen LogP contribution < -0.4 is 10.1 Å². The second kappa shape index (κ2) is 7.18. The monoisotopic (exact) mass is 274 g/mol. The summed E-state index contributed by atoms with van der Waals surface area (Å²) in [5.74, 6) is -0.288. The van der Waals surface area contributed by atoms with Crippen LogP contribution in [0, 0.1) is 5.82 Å². The van der Waals surface area contributed by atoms with Crippen LogP contribution in [-0.2, 0) is 4.79 Å². The van der Waals surface area contributed by atoms with Gasteiger partial charge in [0.05, 0.1) is 5.02 Å². The Bertz CT molecular complexity index is 415. The molecule has 0 aliphatic heterocycles. The minimum atomic E-state index is -0.513. The van der Waals surface area contributed by atoms with Crippen LogP contribution in [0.4, 0.5) is 4.39 Å². The van der Waals surface area contributed by atoms with Crippen LogP contribution in [0.25, 0.3) is 0 Å². The maximum atomic E-state index is 12.9. The molecule has 0 aliphatic carbocycles. The van der Waals surface area contributed by atoms with E-state index in [9.17, 15) is 9.18 Å². The Hall–Kier alpha value is -1.33. The first-order valence-corrected chi connectivity index (χ1v) is 5.89. The lowest BCUT2D eigenvalue weighted by molar-refractivity contribution is -0.131. The second-order valence-corrected chi connectivity index (χ2v) is 4.19.